The predicted octanol–water partition coefficient (Wildman–Crippen LogP) is 3.59. The average molecular weight is 362 g/mol. The highest BCUT2D eigenvalue weighted by Gasteiger charge is 2.25. The van der Waals surface area contributed by atoms with Crippen molar-refractivity contribution in [2.45, 2.75) is 9.79 Å². The Morgan fingerprint density at radius 2 is 1.35 bits per heavy atom. The van der Waals surface area contributed by atoms with E-state index in [0.29, 0.717) is 11.4 Å². The van der Waals surface area contributed by atoms with E-state index < -0.39 is 9.84 Å². The van der Waals surface area contributed by atoms with Crippen LogP contribution in [0.4, 0.5) is 11.4 Å². The lowest BCUT2D eigenvalue weighted by Crippen LogP contribution is -2.13. The Hall–Kier alpha value is -3.25. The first kappa shape index (κ1) is 16.2. The van der Waals surface area contributed by atoms with Crippen molar-refractivity contribution in [1.82, 2.24) is 0 Å². The topological polar surface area (TPSA) is 75.6 Å². The largest absolute Gasteiger partial charge is 0.320 e. The summed E-state index contributed by atoms with van der Waals surface area (Å²) in [6.07, 6.45) is 0. The highest BCUT2D eigenvalue weighted by atomic mass is 32.2. The van der Waals surface area contributed by atoms with E-state index >= 15 is 0 Å². The summed E-state index contributed by atoms with van der Waals surface area (Å²) >= 11 is 0. The lowest BCUT2D eigenvalue weighted by atomic mass is 10.1. The highest BCUT2D eigenvalue weighted by molar-refractivity contribution is 7.91. The molecule has 4 rings (SSSR count). The van der Waals surface area contributed by atoms with Gasteiger partial charge in [0, 0.05) is 5.56 Å². The zero-order valence-electron chi connectivity index (χ0n) is 13.6. The molecule has 0 radical (unpaired) electrons. The van der Waals surface area contributed by atoms with Gasteiger partial charge in [-0.25, -0.2) is 13.4 Å². The Balaban J connectivity index is 1.69. The lowest BCUT2D eigenvalue weighted by Gasteiger charge is -2.05. The molecule has 26 heavy (non-hydrogen) atoms. The van der Waals surface area contributed by atoms with Crippen molar-refractivity contribution in [3.63, 3.8) is 0 Å². The van der Waals surface area contributed by atoms with Gasteiger partial charge in [-0.05, 0) is 42.5 Å². The van der Waals surface area contributed by atoms with Crippen molar-refractivity contribution in [3.05, 3.63) is 84.4 Å². The molecule has 1 amide bonds. The molecule has 0 saturated heterocycles. The minimum atomic E-state index is -3.57. The number of hydrogen-bond acceptors (Lipinski definition) is 4. The molecule has 3 aromatic rings. The maximum atomic E-state index is 12.6. The first-order chi connectivity index (χ1) is 12.6. The fourth-order valence-corrected chi connectivity index (χ4v) is 4.06. The zero-order chi connectivity index (χ0) is 18.1. The fourth-order valence-electron chi connectivity index (χ4n) is 2.78. The number of nitrogens with zero attached hydrogens (tertiary/aromatic N) is 1. The van der Waals surface area contributed by atoms with E-state index in [4.69, 9.17) is 0 Å². The number of nitrogens with one attached hydrogen (secondary N) is 1. The Morgan fingerprint density at radius 3 is 2.08 bits per heavy atom. The molecule has 0 atom stereocenters. The number of carbonyl (C=O) groups is 1. The molecule has 0 bridgehead atoms. The van der Waals surface area contributed by atoms with Crippen LogP contribution in [0, 0.1) is 0 Å². The number of carbonyl (C=O) groups excluding carboxylic acids is 1. The Labute approximate surface area is 151 Å². The molecule has 6 heteroatoms. The van der Waals surface area contributed by atoms with E-state index in [-0.39, 0.29) is 15.7 Å². The molecule has 1 aliphatic heterocycles. The first-order valence-corrected chi connectivity index (χ1v) is 9.44. The molecule has 0 unspecified atom stereocenters. The molecule has 1 heterocycles. The second-order valence-electron chi connectivity index (χ2n) is 5.77. The van der Waals surface area contributed by atoms with Crippen LogP contribution in [-0.4, -0.2) is 20.0 Å². The third-order valence-corrected chi connectivity index (χ3v) is 5.87. The summed E-state index contributed by atoms with van der Waals surface area (Å²) in [7, 11) is -3.57. The van der Waals surface area contributed by atoms with Gasteiger partial charge in [0.1, 0.15) is 5.71 Å². The van der Waals surface area contributed by atoms with Crippen LogP contribution in [0.5, 0.6) is 0 Å². The molecule has 1 N–H and O–H groups in total. The molecule has 5 nitrogen and oxygen atoms in total. The van der Waals surface area contributed by atoms with Gasteiger partial charge in [-0.15, -0.1) is 0 Å². The maximum Gasteiger partial charge on any atom is 0.275 e. The first-order valence-electron chi connectivity index (χ1n) is 7.95. The number of sulfone groups is 1. The molecule has 1 aliphatic rings. The van der Waals surface area contributed by atoms with E-state index in [1.807, 2.05) is 24.3 Å². The number of hydrogen-bond donors (Lipinski definition) is 1. The second kappa shape index (κ2) is 6.24. The van der Waals surface area contributed by atoms with Crippen molar-refractivity contribution in [2.24, 2.45) is 4.99 Å². The molecule has 128 valence electrons. The number of rotatable bonds is 3. The van der Waals surface area contributed by atoms with Crippen LogP contribution in [-0.2, 0) is 14.6 Å². The summed E-state index contributed by atoms with van der Waals surface area (Å²) in [6, 6.07) is 21.7. The van der Waals surface area contributed by atoms with Gasteiger partial charge < -0.3 is 5.32 Å². The number of para-hydroxylation sites is 1. The molecular formula is C20H14N2O3S. The molecule has 0 aliphatic carbocycles. The highest BCUT2D eigenvalue weighted by Crippen LogP contribution is 2.27. The SMILES string of the molecule is O=C1Nc2ccccc2C1=Nc1ccc(S(=O)(=O)c2ccccc2)cc1. The molecular weight excluding hydrogens is 348 g/mol. The van der Waals surface area contributed by atoms with E-state index in [9.17, 15) is 13.2 Å². The fraction of sp³-hybridized carbons (Fsp3) is 0. The van der Waals surface area contributed by atoms with E-state index in [1.165, 1.54) is 12.1 Å². The van der Waals surface area contributed by atoms with Gasteiger partial charge in [-0.1, -0.05) is 36.4 Å². The molecule has 0 aromatic heterocycles. The van der Waals surface area contributed by atoms with Crippen LogP contribution in [0.25, 0.3) is 0 Å². The number of benzene rings is 3. The monoisotopic (exact) mass is 362 g/mol. The van der Waals surface area contributed by atoms with Gasteiger partial charge in [0.2, 0.25) is 9.84 Å². The van der Waals surface area contributed by atoms with Gasteiger partial charge >= 0.3 is 0 Å². The normalized spacial score (nSPS) is 14.9. The number of aliphatic imine (C=N–C) groups is 1. The Kier molecular flexibility index (Phi) is 3.89. The van der Waals surface area contributed by atoms with E-state index in [0.717, 1.165) is 11.3 Å². The summed E-state index contributed by atoms with van der Waals surface area (Å²) in [5.41, 5.74) is 2.29. The summed E-state index contributed by atoms with van der Waals surface area (Å²) < 4.78 is 25.2. The van der Waals surface area contributed by atoms with Gasteiger partial charge in [0.15, 0.2) is 0 Å². The van der Waals surface area contributed by atoms with Gasteiger partial charge in [0.25, 0.3) is 5.91 Å². The third-order valence-electron chi connectivity index (χ3n) is 4.09. The minimum Gasteiger partial charge on any atom is -0.320 e. The number of amides is 1. The Morgan fingerprint density at radius 1 is 0.731 bits per heavy atom. The van der Waals surface area contributed by atoms with Crippen LogP contribution in [0.1, 0.15) is 5.56 Å². The molecule has 0 fully saturated rings. The quantitative estimate of drug-likeness (QED) is 0.773. The lowest BCUT2D eigenvalue weighted by molar-refractivity contribution is -0.110. The summed E-state index contributed by atoms with van der Waals surface area (Å²) in [4.78, 5) is 16.9. The third kappa shape index (κ3) is 2.80. The Bertz CT molecular complexity index is 1120. The van der Waals surface area contributed by atoms with Gasteiger partial charge in [0.05, 0.1) is 21.2 Å². The van der Waals surface area contributed by atoms with Crippen molar-refractivity contribution in [3.8, 4) is 0 Å². The van der Waals surface area contributed by atoms with Crippen LogP contribution < -0.4 is 5.32 Å². The van der Waals surface area contributed by atoms with Crippen molar-refractivity contribution in [1.29, 1.82) is 0 Å². The van der Waals surface area contributed by atoms with Crippen LogP contribution in [0.15, 0.2) is 93.6 Å². The van der Waals surface area contributed by atoms with Crippen LogP contribution in [0.3, 0.4) is 0 Å². The van der Waals surface area contributed by atoms with E-state index in [2.05, 4.69) is 10.3 Å². The van der Waals surface area contributed by atoms with Gasteiger partial charge in [-0.2, -0.15) is 0 Å². The van der Waals surface area contributed by atoms with Crippen molar-refractivity contribution >= 4 is 32.8 Å². The number of fused-ring (bicyclic) bond motifs is 1. The average Bonchev–Trinajstić information content (AvgIpc) is 2.98. The molecule has 0 spiro atoms. The minimum absolute atomic E-state index is 0.184. The van der Waals surface area contributed by atoms with Crippen LogP contribution in [0.2, 0.25) is 0 Å². The van der Waals surface area contributed by atoms with Crippen molar-refractivity contribution in [2.75, 3.05) is 5.32 Å². The summed E-state index contributed by atoms with van der Waals surface area (Å²) in [5.74, 6) is -0.271. The smallest absolute Gasteiger partial charge is 0.275 e. The van der Waals surface area contributed by atoms with Crippen molar-refractivity contribution < 1.29 is 13.2 Å². The van der Waals surface area contributed by atoms with E-state index in [1.54, 1.807) is 42.5 Å². The standard InChI is InChI=1S/C20H14N2O3S/c23-20-19(17-8-4-5-9-18(17)22-20)21-14-10-12-16(13-11-14)26(24,25)15-6-2-1-3-7-15/h1-13H,(H,21,22,23). The summed E-state index contributed by atoms with van der Waals surface area (Å²) in [5, 5.41) is 2.76. The maximum absolute atomic E-state index is 12.6. The molecule has 0 saturated carbocycles. The van der Waals surface area contributed by atoms with Crippen LogP contribution >= 0.6 is 0 Å². The molecule has 3 aromatic carbocycles. The predicted molar refractivity (Wildman–Crippen MR) is 99.6 cm³/mol. The van der Waals surface area contributed by atoms with Gasteiger partial charge in [-0.3, -0.25) is 4.79 Å². The second-order valence-corrected chi connectivity index (χ2v) is 7.72. The summed E-state index contributed by atoms with van der Waals surface area (Å²) in [6.45, 7) is 0. The zero-order valence-corrected chi connectivity index (χ0v) is 14.4. The number of anilines is 1.